The van der Waals surface area contributed by atoms with Crippen LogP contribution in [0.4, 0.5) is 0 Å². The highest BCUT2D eigenvalue weighted by Gasteiger charge is 2.11. The van der Waals surface area contributed by atoms with Crippen molar-refractivity contribution in [1.82, 2.24) is 14.1 Å². The summed E-state index contributed by atoms with van der Waals surface area (Å²) in [5.41, 5.74) is 1.10. The normalized spacial score (nSPS) is 13.1. The lowest BCUT2D eigenvalue weighted by Gasteiger charge is -2.14. The molecule has 0 bridgehead atoms. The second kappa shape index (κ2) is 6.05. The summed E-state index contributed by atoms with van der Waals surface area (Å²) in [5, 5.41) is 3.48. The van der Waals surface area contributed by atoms with Crippen molar-refractivity contribution in [2.45, 2.75) is 39.2 Å². The highest BCUT2D eigenvalue weighted by Crippen LogP contribution is 2.16. The molecule has 1 unspecified atom stereocenters. The fourth-order valence-electron chi connectivity index (χ4n) is 1.29. The average molecular weight is 199 g/mol. The van der Waals surface area contributed by atoms with Gasteiger partial charge in [0.05, 0.1) is 29.7 Å². The van der Waals surface area contributed by atoms with Gasteiger partial charge in [-0.1, -0.05) is 20.3 Å². The highest BCUT2D eigenvalue weighted by atomic mass is 32.1. The Morgan fingerprint density at radius 2 is 2.31 bits per heavy atom. The molecule has 1 atom stereocenters. The van der Waals surface area contributed by atoms with Crippen LogP contribution in [-0.4, -0.2) is 15.3 Å². The molecule has 0 spiro atoms. The lowest BCUT2D eigenvalue weighted by molar-refractivity contribution is 0.486. The van der Waals surface area contributed by atoms with E-state index >= 15 is 0 Å². The summed E-state index contributed by atoms with van der Waals surface area (Å²) in [4.78, 5) is 0. The number of rotatable bonds is 6. The molecule has 1 aromatic rings. The first kappa shape index (κ1) is 10.6. The number of hydrogen-bond acceptors (Lipinski definition) is 4. The minimum Gasteiger partial charge on any atom is -0.309 e. The maximum atomic E-state index is 4.26. The molecule has 0 aliphatic rings. The molecule has 13 heavy (non-hydrogen) atoms. The van der Waals surface area contributed by atoms with E-state index in [1.165, 1.54) is 18.1 Å². The highest BCUT2D eigenvalue weighted by molar-refractivity contribution is 6.99. The maximum absolute atomic E-state index is 4.26. The molecule has 1 N–H and O–H groups in total. The van der Waals surface area contributed by atoms with E-state index in [0.29, 0.717) is 6.04 Å². The quantitative estimate of drug-likeness (QED) is 0.764. The van der Waals surface area contributed by atoms with E-state index in [1.54, 1.807) is 0 Å². The van der Waals surface area contributed by atoms with Crippen molar-refractivity contribution in [2.75, 3.05) is 6.54 Å². The van der Waals surface area contributed by atoms with Gasteiger partial charge in [0.15, 0.2) is 0 Å². The Bertz CT molecular complexity index is 211. The Balaban J connectivity index is 2.47. The van der Waals surface area contributed by atoms with E-state index in [4.69, 9.17) is 0 Å². The van der Waals surface area contributed by atoms with E-state index in [9.17, 15) is 0 Å². The van der Waals surface area contributed by atoms with Gasteiger partial charge in [0.1, 0.15) is 0 Å². The minimum absolute atomic E-state index is 0.406. The molecule has 3 nitrogen and oxygen atoms in total. The van der Waals surface area contributed by atoms with Gasteiger partial charge < -0.3 is 5.32 Å². The first-order valence-electron chi connectivity index (χ1n) is 4.89. The third-order valence-corrected chi connectivity index (χ3v) is 2.45. The van der Waals surface area contributed by atoms with Gasteiger partial charge in [-0.25, -0.2) is 0 Å². The van der Waals surface area contributed by atoms with E-state index in [-0.39, 0.29) is 0 Å². The molecule has 1 aromatic heterocycles. The summed E-state index contributed by atoms with van der Waals surface area (Å²) in [6.07, 6.45) is 5.36. The fourth-order valence-corrected chi connectivity index (χ4v) is 1.76. The van der Waals surface area contributed by atoms with Crippen LogP contribution in [0.15, 0.2) is 6.20 Å². The predicted molar refractivity (Wildman–Crippen MR) is 55.9 cm³/mol. The lowest BCUT2D eigenvalue weighted by Crippen LogP contribution is -2.22. The SMILES string of the molecule is CCCNC(CCC)c1cnsn1. The van der Waals surface area contributed by atoms with Crippen LogP contribution in [0.3, 0.4) is 0 Å². The Hall–Kier alpha value is -0.480. The Morgan fingerprint density at radius 1 is 1.46 bits per heavy atom. The van der Waals surface area contributed by atoms with E-state index in [1.807, 2.05) is 6.20 Å². The zero-order chi connectivity index (χ0) is 9.52. The van der Waals surface area contributed by atoms with E-state index < -0.39 is 0 Å². The number of nitrogens with one attached hydrogen (secondary N) is 1. The van der Waals surface area contributed by atoms with Crippen molar-refractivity contribution in [1.29, 1.82) is 0 Å². The summed E-state index contributed by atoms with van der Waals surface area (Å²) < 4.78 is 8.28. The van der Waals surface area contributed by atoms with Crippen LogP contribution < -0.4 is 5.32 Å². The number of hydrogen-bond donors (Lipinski definition) is 1. The Labute approximate surface area is 83.9 Å². The largest absolute Gasteiger partial charge is 0.309 e. The van der Waals surface area contributed by atoms with Gasteiger partial charge in [-0.05, 0) is 19.4 Å². The average Bonchev–Trinajstić information content (AvgIpc) is 2.65. The third-order valence-electron chi connectivity index (χ3n) is 1.95. The zero-order valence-corrected chi connectivity index (χ0v) is 9.10. The van der Waals surface area contributed by atoms with Crippen LogP contribution in [0, 0.1) is 0 Å². The molecule has 74 valence electrons. The Kier molecular flexibility index (Phi) is 4.93. The summed E-state index contributed by atoms with van der Waals surface area (Å²) in [5.74, 6) is 0. The summed E-state index contributed by atoms with van der Waals surface area (Å²) in [7, 11) is 0. The van der Waals surface area contributed by atoms with Crippen molar-refractivity contribution in [2.24, 2.45) is 0 Å². The minimum atomic E-state index is 0.406. The summed E-state index contributed by atoms with van der Waals surface area (Å²) in [6, 6.07) is 0.406. The molecule has 0 aliphatic heterocycles. The molecule has 0 saturated carbocycles. The van der Waals surface area contributed by atoms with Crippen molar-refractivity contribution in [3.8, 4) is 0 Å². The molecule has 0 saturated heterocycles. The van der Waals surface area contributed by atoms with Crippen molar-refractivity contribution < 1.29 is 0 Å². The molecular formula is C9H17N3S. The first-order chi connectivity index (χ1) is 6.38. The predicted octanol–water partition coefficient (Wildman–Crippen LogP) is 2.38. The molecule has 0 amide bonds. The number of aromatic nitrogens is 2. The molecule has 1 heterocycles. The van der Waals surface area contributed by atoms with Crippen molar-refractivity contribution >= 4 is 11.7 Å². The Morgan fingerprint density at radius 3 is 2.85 bits per heavy atom. The van der Waals surface area contributed by atoms with Gasteiger partial charge in [0.25, 0.3) is 0 Å². The molecule has 0 fully saturated rings. The van der Waals surface area contributed by atoms with Gasteiger partial charge in [0, 0.05) is 0 Å². The topological polar surface area (TPSA) is 37.8 Å². The van der Waals surface area contributed by atoms with E-state index in [0.717, 1.165) is 25.1 Å². The standard InChI is InChI=1S/C9H17N3S/c1-3-5-8(10-6-4-2)9-7-11-13-12-9/h7-8,10H,3-6H2,1-2H3. The van der Waals surface area contributed by atoms with Gasteiger partial charge in [-0.2, -0.15) is 8.75 Å². The van der Waals surface area contributed by atoms with Crippen LogP contribution in [0.2, 0.25) is 0 Å². The van der Waals surface area contributed by atoms with Crippen LogP contribution >= 0.6 is 11.7 Å². The second-order valence-electron chi connectivity index (χ2n) is 3.13. The van der Waals surface area contributed by atoms with Gasteiger partial charge >= 0.3 is 0 Å². The molecule has 0 aromatic carbocycles. The molecule has 1 rings (SSSR count). The summed E-state index contributed by atoms with van der Waals surface area (Å²) in [6.45, 7) is 5.43. The fraction of sp³-hybridized carbons (Fsp3) is 0.778. The lowest BCUT2D eigenvalue weighted by atomic mass is 10.1. The third kappa shape index (κ3) is 3.40. The van der Waals surface area contributed by atoms with Gasteiger partial charge in [-0.3, -0.25) is 0 Å². The van der Waals surface area contributed by atoms with E-state index in [2.05, 4.69) is 27.9 Å². The van der Waals surface area contributed by atoms with Crippen molar-refractivity contribution in [3.05, 3.63) is 11.9 Å². The molecular weight excluding hydrogens is 182 g/mol. The monoisotopic (exact) mass is 199 g/mol. The molecule has 0 radical (unpaired) electrons. The van der Waals surface area contributed by atoms with Crippen molar-refractivity contribution in [3.63, 3.8) is 0 Å². The smallest absolute Gasteiger partial charge is 0.0912 e. The first-order valence-corrected chi connectivity index (χ1v) is 5.62. The number of nitrogens with zero attached hydrogens (tertiary/aromatic N) is 2. The van der Waals surface area contributed by atoms with Crippen LogP contribution in [0.5, 0.6) is 0 Å². The molecule has 4 heteroatoms. The van der Waals surface area contributed by atoms with Gasteiger partial charge in [-0.15, -0.1) is 0 Å². The second-order valence-corrected chi connectivity index (χ2v) is 3.68. The maximum Gasteiger partial charge on any atom is 0.0912 e. The zero-order valence-electron chi connectivity index (χ0n) is 8.29. The summed E-state index contributed by atoms with van der Waals surface area (Å²) >= 11 is 1.29. The van der Waals surface area contributed by atoms with Crippen LogP contribution in [0.25, 0.3) is 0 Å². The van der Waals surface area contributed by atoms with Crippen LogP contribution in [0.1, 0.15) is 44.8 Å². The van der Waals surface area contributed by atoms with Crippen LogP contribution in [-0.2, 0) is 0 Å². The molecule has 0 aliphatic carbocycles. The van der Waals surface area contributed by atoms with Gasteiger partial charge in [0.2, 0.25) is 0 Å².